The fourth-order valence-electron chi connectivity index (χ4n) is 3.25. The Morgan fingerprint density at radius 3 is 2.68 bits per heavy atom. The molecule has 0 radical (unpaired) electrons. The van der Waals surface area contributed by atoms with E-state index in [-0.39, 0.29) is 0 Å². The minimum atomic E-state index is -0.660. The lowest BCUT2D eigenvalue weighted by molar-refractivity contribution is 0.0185. The van der Waals surface area contributed by atoms with E-state index >= 15 is 0 Å². The predicted octanol–water partition coefficient (Wildman–Crippen LogP) is 4.14. The van der Waals surface area contributed by atoms with Crippen molar-refractivity contribution in [1.29, 1.82) is 5.26 Å². The average Bonchev–Trinajstić information content (AvgIpc) is 2.47. The van der Waals surface area contributed by atoms with Crippen LogP contribution in [0.3, 0.4) is 0 Å². The summed E-state index contributed by atoms with van der Waals surface area (Å²) in [5.41, 5.74) is 1.47. The summed E-state index contributed by atoms with van der Waals surface area (Å²) in [5, 5.41) is 20.3. The van der Waals surface area contributed by atoms with Gasteiger partial charge in [0.2, 0.25) is 0 Å². The molecule has 0 heterocycles. The molecule has 1 fully saturated rings. The van der Waals surface area contributed by atoms with E-state index in [9.17, 15) is 10.4 Å². The molecule has 1 saturated carbocycles. The second-order valence-electron chi connectivity index (χ2n) is 5.95. The molecule has 3 unspecified atom stereocenters. The molecule has 0 bridgehead atoms. The van der Waals surface area contributed by atoms with Crippen molar-refractivity contribution in [2.75, 3.05) is 0 Å². The standard InChI is InChI=1S/C17H23NO/c1-3-14-5-4-10-17(11-14,12-18)16(19)15-8-6-13(2)7-9-15/h6-9,14,16,19H,3-5,10-11H2,1-2H3. The monoisotopic (exact) mass is 257 g/mol. The Kier molecular flexibility index (Phi) is 4.27. The lowest BCUT2D eigenvalue weighted by Gasteiger charge is -2.39. The quantitative estimate of drug-likeness (QED) is 0.884. The molecule has 3 atom stereocenters. The van der Waals surface area contributed by atoms with E-state index in [1.54, 1.807) is 0 Å². The first-order chi connectivity index (χ1) is 9.11. The summed E-state index contributed by atoms with van der Waals surface area (Å²) in [7, 11) is 0. The highest BCUT2D eigenvalue weighted by molar-refractivity contribution is 5.27. The molecule has 0 aliphatic heterocycles. The van der Waals surface area contributed by atoms with Crippen LogP contribution in [0.15, 0.2) is 24.3 Å². The van der Waals surface area contributed by atoms with Crippen molar-refractivity contribution in [3.63, 3.8) is 0 Å². The summed E-state index contributed by atoms with van der Waals surface area (Å²) in [6.07, 6.45) is 4.33. The highest BCUT2D eigenvalue weighted by Crippen LogP contribution is 2.48. The van der Waals surface area contributed by atoms with Gasteiger partial charge in [-0.05, 0) is 31.2 Å². The summed E-state index contributed by atoms with van der Waals surface area (Å²) in [4.78, 5) is 0. The van der Waals surface area contributed by atoms with Crippen molar-refractivity contribution in [1.82, 2.24) is 0 Å². The maximum atomic E-state index is 10.7. The maximum absolute atomic E-state index is 10.7. The molecule has 1 aliphatic rings. The van der Waals surface area contributed by atoms with Crippen molar-refractivity contribution in [2.24, 2.45) is 11.3 Å². The van der Waals surface area contributed by atoms with E-state index in [1.165, 1.54) is 12.0 Å². The molecule has 1 aliphatic carbocycles. The van der Waals surface area contributed by atoms with Gasteiger partial charge in [0, 0.05) is 0 Å². The molecule has 19 heavy (non-hydrogen) atoms. The minimum Gasteiger partial charge on any atom is -0.387 e. The van der Waals surface area contributed by atoms with Crippen molar-refractivity contribution < 1.29 is 5.11 Å². The fourth-order valence-corrected chi connectivity index (χ4v) is 3.25. The number of nitriles is 1. The third-order valence-electron chi connectivity index (χ3n) is 4.60. The normalized spacial score (nSPS) is 28.6. The van der Waals surface area contributed by atoms with Gasteiger partial charge in [-0.3, -0.25) is 0 Å². The van der Waals surface area contributed by atoms with E-state index < -0.39 is 11.5 Å². The van der Waals surface area contributed by atoms with Gasteiger partial charge >= 0.3 is 0 Å². The Hall–Kier alpha value is -1.33. The predicted molar refractivity (Wildman–Crippen MR) is 76.4 cm³/mol. The van der Waals surface area contributed by atoms with E-state index in [4.69, 9.17) is 0 Å². The van der Waals surface area contributed by atoms with Gasteiger partial charge in [0.1, 0.15) is 0 Å². The smallest absolute Gasteiger partial charge is 0.0976 e. The van der Waals surface area contributed by atoms with Crippen LogP contribution in [-0.4, -0.2) is 5.11 Å². The molecule has 2 heteroatoms. The second-order valence-corrected chi connectivity index (χ2v) is 5.95. The maximum Gasteiger partial charge on any atom is 0.0976 e. The van der Waals surface area contributed by atoms with Crippen molar-refractivity contribution in [3.8, 4) is 6.07 Å². The number of nitrogens with zero attached hydrogens (tertiary/aromatic N) is 1. The zero-order valence-electron chi connectivity index (χ0n) is 11.9. The van der Waals surface area contributed by atoms with Crippen LogP contribution in [-0.2, 0) is 0 Å². The molecule has 1 aromatic carbocycles. The molecule has 1 aromatic rings. The topological polar surface area (TPSA) is 44.0 Å². The zero-order valence-corrected chi connectivity index (χ0v) is 11.9. The number of hydrogen-bond acceptors (Lipinski definition) is 2. The Morgan fingerprint density at radius 1 is 1.42 bits per heavy atom. The molecule has 0 aromatic heterocycles. The van der Waals surface area contributed by atoms with Crippen LogP contribution >= 0.6 is 0 Å². The molecule has 0 saturated heterocycles. The van der Waals surface area contributed by atoms with Gasteiger partial charge in [0.15, 0.2) is 0 Å². The van der Waals surface area contributed by atoms with Crippen LogP contribution in [0.25, 0.3) is 0 Å². The Balaban J connectivity index is 2.25. The highest BCUT2D eigenvalue weighted by Gasteiger charge is 2.42. The lowest BCUT2D eigenvalue weighted by atomic mass is 9.65. The van der Waals surface area contributed by atoms with Crippen LogP contribution in [0, 0.1) is 29.6 Å². The SMILES string of the molecule is CCC1CCCC(C#N)(C(O)c2ccc(C)cc2)C1. The Labute approximate surface area is 116 Å². The van der Waals surface area contributed by atoms with E-state index in [0.29, 0.717) is 5.92 Å². The second kappa shape index (κ2) is 5.75. The Morgan fingerprint density at radius 2 is 2.11 bits per heavy atom. The minimum absolute atomic E-state index is 0.577. The number of hydrogen-bond donors (Lipinski definition) is 1. The van der Waals surface area contributed by atoms with Crippen LogP contribution in [0.5, 0.6) is 0 Å². The van der Waals surface area contributed by atoms with Gasteiger partial charge in [-0.2, -0.15) is 5.26 Å². The molecular formula is C17H23NO. The largest absolute Gasteiger partial charge is 0.387 e. The van der Waals surface area contributed by atoms with E-state index in [1.807, 2.05) is 31.2 Å². The molecule has 1 N–H and O–H groups in total. The summed E-state index contributed by atoms with van der Waals surface area (Å²) in [5.74, 6) is 0.577. The first kappa shape index (κ1) is 14.1. The van der Waals surface area contributed by atoms with Crippen molar-refractivity contribution in [2.45, 2.75) is 52.1 Å². The number of aliphatic hydroxyl groups is 1. The molecule has 2 rings (SSSR count). The van der Waals surface area contributed by atoms with Crippen LogP contribution < -0.4 is 0 Å². The summed E-state index contributed by atoms with van der Waals surface area (Å²) in [6.45, 7) is 4.21. The van der Waals surface area contributed by atoms with Gasteiger partial charge in [-0.1, -0.05) is 56.0 Å². The number of aliphatic hydroxyl groups excluding tert-OH is 1. The molecular weight excluding hydrogens is 234 g/mol. The molecule has 0 spiro atoms. The molecule has 102 valence electrons. The van der Waals surface area contributed by atoms with E-state index in [2.05, 4.69) is 13.0 Å². The molecule has 2 nitrogen and oxygen atoms in total. The summed E-state index contributed by atoms with van der Waals surface area (Å²) in [6, 6.07) is 10.4. The number of aryl methyl sites for hydroxylation is 1. The van der Waals surface area contributed by atoms with Crippen molar-refractivity contribution in [3.05, 3.63) is 35.4 Å². The van der Waals surface area contributed by atoms with Crippen LogP contribution in [0.2, 0.25) is 0 Å². The first-order valence-electron chi connectivity index (χ1n) is 7.27. The number of benzene rings is 1. The van der Waals surface area contributed by atoms with Gasteiger partial charge in [-0.15, -0.1) is 0 Å². The third kappa shape index (κ3) is 2.82. The average molecular weight is 257 g/mol. The fraction of sp³-hybridized carbons (Fsp3) is 0.588. The zero-order chi connectivity index (χ0) is 13.9. The lowest BCUT2D eigenvalue weighted by Crippen LogP contribution is -2.33. The summed E-state index contributed by atoms with van der Waals surface area (Å²) >= 11 is 0. The van der Waals surface area contributed by atoms with Crippen LogP contribution in [0.1, 0.15) is 56.3 Å². The van der Waals surface area contributed by atoms with Gasteiger partial charge < -0.3 is 5.11 Å². The van der Waals surface area contributed by atoms with Gasteiger partial charge in [0.05, 0.1) is 17.6 Å². The van der Waals surface area contributed by atoms with Crippen LogP contribution in [0.4, 0.5) is 0 Å². The first-order valence-corrected chi connectivity index (χ1v) is 7.27. The summed E-state index contributed by atoms with van der Waals surface area (Å²) < 4.78 is 0. The van der Waals surface area contributed by atoms with Crippen molar-refractivity contribution >= 4 is 0 Å². The Bertz CT molecular complexity index is 459. The van der Waals surface area contributed by atoms with E-state index in [0.717, 1.165) is 31.2 Å². The third-order valence-corrected chi connectivity index (χ3v) is 4.60. The van der Waals surface area contributed by atoms with Gasteiger partial charge in [0.25, 0.3) is 0 Å². The molecule has 0 amide bonds. The number of rotatable bonds is 3. The highest BCUT2D eigenvalue weighted by atomic mass is 16.3. The van der Waals surface area contributed by atoms with Gasteiger partial charge in [-0.25, -0.2) is 0 Å².